The van der Waals surface area contributed by atoms with E-state index in [9.17, 15) is 19.2 Å². The lowest BCUT2D eigenvalue weighted by molar-refractivity contribution is 1.13. The van der Waals surface area contributed by atoms with Crippen LogP contribution in [0.3, 0.4) is 0 Å². The molecular formula is C54H35N3. The Morgan fingerprint density at radius 2 is 0.772 bits per heavy atom. The molecule has 9 aromatic carbocycles. The maximum absolute atomic E-state index is 9.92. The fourth-order valence-electron chi connectivity index (χ4n) is 7.33. The van der Waals surface area contributed by atoms with Gasteiger partial charge in [0.2, 0.25) is 0 Å². The Labute approximate surface area is 373 Å². The van der Waals surface area contributed by atoms with Crippen LogP contribution in [0.2, 0.25) is 0 Å². The van der Waals surface area contributed by atoms with Crippen LogP contribution in [0.15, 0.2) is 212 Å². The van der Waals surface area contributed by atoms with Crippen molar-refractivity contribution < 1.29 is 42.5 Å². The van der Waals surface area contributed by atoms with E-state index < -0.39 is 281 Å². The smallest absolute Gasteiger partial charge is 0.0782 e. The number of hydrogen-bond donors (Lipinski definition) is 0. The number of fused-ring (bicyclic) bond motifs is 9. The number of aromatic nitrogens is 3. The van der Waals surface area contributed by atoms with Crippen molar-refractivity contribution in [3.05, 3.63) is 212 Å². The monoisotopic (exact) mass is 756 g/mol. The molecule has 266 valence electrons. The molecule has 3 nitrogen and oxygen atoms in total. The molecule has 0 aliphatic rings. The second-order valence-electron chi connectivity index (χ2n) is 12.6. The van der Waals surface area contributed by atoms with Crippen molar-refractivity contribution in [2.45, 2.75) is 0 Å². The van der Waals surface area contributed by atoms with Gasteiger partial charge in [-0.3, -0.25) is 0 Å². The van der Waals surface area contributed by atoms with Gasteiger partial charge in [0.05, 0.1) is 87.0 Å². The highest BCUT2D eigenvalue weighted by atomic mass is 15.1. The topological polar surface area (TPSA) is 14.8 Å². The third-order valence-corrected chi connectivity index (χ3v) is 9.64. The third-order valence-electron chi connectivity index (χ3n) is 9.64. The van der Waals surface area contributed by atoms with Crippen molar-refractivity contribution in [2.75, 3.05) is 0 Å². The predicted molar refractivity (Wildman–Crippen MR) is 240 cm³/mol. The Morgan fingerprint density at radius 3 is 1.46 bits per heavy atom. The molecule has 0 saturated carbocycles. The van der Waals surface area contributed by atoms with Crippen LogP contribution in [0.1, 0.15) is 42.5 Å². The summed E-state index contributed by atoms with van der Waals surface area (Å²) in [6.45, 7) is 0. The average molecular weight is 757 g/mol. The van der Waals surface area contributed by atoms with Crippen LogP contribution in [0.25, 0.3) is 105 Å². The van der Waals surface area contributed by atoms with E-state index in [-0.39, 0.29) is 11.3 Å². The molecule has 0 amide bonds. The molecule has 0 atom stereocenters. The van der Waals surface area contributed by atoms with Gasteiger partial charge in [0.25, 0.3) is 0 Å². The number of para-hydroxylation sites is 5. The van der Waals surface area contributed by atoms with Gasteiger partial charge in [-0.05, 0) is 76.7 Å². The second-order valence-corrected chi connectivity index (χ2v) is 12.6. The highest BCUT2D eigenvalue weighted by Crippen LogP contribution is 2.43. The third kappa shape index (κ3) is 4.73. The Balaban J connectivity index is 1.31. The Hall–Kier alpha value is -7.62. The normalized spacial score (nSPS) is 19.5. The standard InChI is InChI=1S/C54H35N3/c1-2-15-36(16-3-1)37-31-33-38(34-32-37)39-17-12-18-40(35-39)55-46-24-8-6-21-43(46)44-23-13-30-52(54(44)55)57-49-27-11-7-22-45(49)53-50(28-14-29-51(53)57)56-47-25-9-4-19-41(47)42-20-5-10-26-48(42)56/h1-35H/i1D,2D,3D,4D,5D,6D,7D,8D,9D,10D,11D,13D,14D,15D,16D,19D,20D,21D,22D,23D,24D,25D,26D,27D,28D,29D,30D,31D,32D,33D,34D. The van der Waals surface area contributed by atoms with Crippen LogP contribution in [-0.4, -0.2) is 13.7 Å². The summed E-state index contributed by atoms with van der Waals surface area (Å²) < 4.78 is 285. The summed E-state index contributed by atoms with van der Waals surface area (Å²) in [5, 5.41) is -3.25. The molecule has 0 spiro atoms. The van der Waals surface area contributed by atoms with Crippen molar-refractivity contribution in [1.29, 1.82) is 0 Å². The molecule has 0 saturated heterocycles. The number of rotatable bonds is 5. The molecule has 12 rings (SSSR count). The summed E-state index contributed by atoms with van der Waals surface area (Å²) in [5.74, 6) is 0. The zero-order valence-electron chi connectivity index (χ0n) is 59.7. The largest absolute Gasteiger partial charge is 0.309 e. The minimum absolute atomic E-state index is 0.165. The summed E-state index contributed by atoms with van der Waals surface area (Å²) in [4.78, 5) is 0. The lowest BCUT2D eigenvalue weighted by atomic mass is 10.00. The molecule has 57 heavy (non-hydrogen) atoms. The van der Waals surface area contributed by atoms with E-state index in [2.05, 4.69) is 0 Å². The first-order valence-electron chi connectivity index (χ1n) is 32.6. The van der Waals surface area contributed by atoms with Crippen LogP contribution in [0.4, 0.5) is 0 Å². The molecule has 3 heterocycles. The summed E-state index contributed by atoms with van der Waals surface area (Å²) in [6, 6.07) is -22.1. The molecule has 0 fully saturated rings. The predicted octanol–water partition coefficient (Wildman–Crippen LogP) is 14.3. The van der Waals surface area contributed by atoms with Crippen LogP contribution in [0, 0.1) is 0 Å². The first kappa shape index (κ1) is 13.8. The molecule has 0 aliphatic carbocycles. The molecule has 0 unspecified atom stereocenters. The van der Waals surface area contributed by atoms with Gasteiger partial charge in [-0.2, -0.15) is 0 Å². The van der Waals surface area contributed by atoms with Crippen molar-refractivity contribution in [1.82, 2.24) is 13.7 Å². The summed E-state index contributed by atoms with van der Waals surface area (Å²) in [5.41, 5.74) is -7.21. The maximum Gasteiger partial charge on any atom is 0.0782 e. The van der Waals surface area contributed by atoms with Gasteiger partial charge in [0.1, 0.15) is 0 Å². The first-order valence-corrected chi connectivity index (χ1v) is 17.1. The van der Waals surface area contributed by atoms with E-state index in [0.29, 0.717) is 0 Å². The van der Waals surface area contributed by atoms with Crippen molar-refractivity contribution >= 4 is 65.4 Å². The minimum atomic E-state index is -1.05. The van der Waals surface area contributed by atoms with E-state index in [0.717, 1.165) is 13.7 Å². The number of benzene rings is 9. The SMILES string of the molecule is [2H]c1c([2H])c([2H])c(-c2c([2H])c([2H])c(-c3cccc(-n4c5c([2H])c([2H])c([2H])c([2H])c5c5c([2H])c([2H])c([2H])c(-n6c7c([2H])c([2H])c([2H])c([2H])c7c7c(-n8c9c([2H])c([2H])c([2H])c([2H])c9c9c([2H])c([2H])c([2H])c([2H])c98)c([2H])c([2H])c([2H])c76)c54)c3)c([2H])c2[2H])c([2H])c1[2H]. The molecule has 0 N–H and O–H groups in total. The second kappa shape index (κ2) is 12.5. The van der Waals surface area contributed by atoms with E-state index in [1.54, 1.807) is 0 Å². The van der Waals surface area contributed by atoms with Crippen LogP contribution >= 0.6 is 0 Å². The van der Waals surface area contributed by atoms with Gasteiger partial charge in [0, 0.05) is 38.0 Å². The molecule has 3 heteroatoms. The van der Waals surface area contributed by atoms with Gasteiger partial charge in [0.15, 0.2) is 0 Å². The zero-order chi connectivity index (χ0) is 64.4. The highest BCUT2D eigenvalue weighted by Gasteiger charge is 2.23. The number of nitrogens with zero attached hydrogens (tertiary/aromatic N) is 3. The van der Waals surface area contributed by atoms with Crippen molar-refractivity contribution in [3.8, 4) is 39.3 Å². The van der Waals surface area contributed by atoms with E-state index >= 15 is 0 Å². The molecule has 12 aromatic rings. The van der Waals surface area contributed by atoms with Crippen molar-refractivity contribution in [3.63, 3.8) is 0 Å². The molecular weight excluding hydrogens is 691 g/mol. The zero-order valence-corrected chi connectivity index (χ0v) is 28.7. The first-order chi connectivity index (χ1) is 41.2. The van der Waals surface area contributed by atoms with E-state index in [1.807, 2.05) is 0 Å². The van der Waals surface area contributed by atoms with Gasteiger partial charge in [-0.1, -0.05) is 157 Å². The van der Waals surface area contributed by atoms with E-state index in [1.165, 1.54) is 24.3 Å². The van der Waals surface area contributed by atoms with Crippen LogP contribution in [-0.2, 0) is 0 Å². The quantitative estimate of drug-likeness (QED) is 0.166. The molecule has 0 radical (unpaired) electrons. The Morgan fingerprint density at radius 1 is 0.316 bits per heavy atom. The summed E-state index contributed by atoms with van der Waals surface area (Å²) in [6.07, 6.45) is 0. The fraction of sp³-hybridized carbons (Fsp3) is 0. The molecule has 0 aliphatic heterocycles. The molecule has 3 aromatic heterocycles. The van der Waals surface area contributed by atoms with Gasteiger partial charge in [-0.15, -0.1) is 0 Å². The number of hydrogen-bond acceptors (Lipinski definition) is 0. The van der Waals surface area contributed by atoms with Crippen LogP contribution in [0.5, 0.6) is 0 Å². The van der Waals surface area contributed by atoms with Crippen LogP contribution < -0.4 is 0 Å². The lowest BCUT2D eigenvalue weighted by Crippen LogP contribution is -2.01. The summed E-state index contributed by atoms with van der Waals surface area (Å²) >= 11 is 0. The van der Waals surface area contributed by atoms with Gasteiger partial charge < -0.3 is 13.7 Å². The van der Waals surface area contributed by atoms with E-state index in [4.69, 9.17) is 23.3 Å². The maximum atomic E-state index is 9.92. The minimum Gasteiger partial charge on any atom is -0.309 e. The lowest BCUT2D eigenvalue weighted by Gasteiger charge is -2.15. The van der Waals surface area contributed by atoms with Gasteiger partial charge in [-0.25, -0.2) is 0 Å². The molecule has 0 bridgehead atoms. The van der Waals surface area contributed by atoms with Crippen molar-refractivity contribution in [2.24, 2.45) is 0 Å². The fourth-order valence-corrected chi connectivity index (χ4v) is 7.33. The highest BCUT2D eigenvalue weighted by molar-refractivity contribution is 6.18. The summed E-state index contributed by atoms with van der Waals surface area (Å²) in [7, 11) is 0. The Kier molecular flexibility index (Phi) is 3.02. The Bertz CT molecular complexity index is 5210. The average Bonchev–Trinajstić information content (AvgIpc) is 1.61. The van der Waals surface area contributed by atoms with Gasteiger partial charge >= 0.3 is 0 Å².